The van der Waals surface area contributed by atoms with Crippen molar-refractivity contribution in [2.24, 2.45) is 0 Å². The maximum atomic E-state index is 8.70. The summed E-state index contributed by atoms with van der Waals surface area (Å²) in [4.78, 5) is 0. The number of hydrogen-bond donors (Lipinski definition) is 0. The first-order chi connectivity index (χ1) is 12.2. The van der Waals surface area contributed by atoms with Crippen molar-refractivity contribution in [2.45, 2.75) is 12.8 Å². The normalized spacial score (nSPS) is 9.36. The molecule has 5 heteroatoms. The first kappa shape index (κ1) is 17.7. The minimum absolute atomic E-state index is 0.472. The SMILES string of the molecule is C=CCc1cc(Oc2ccc(OC#N)c(CC=C)c2)ccc1OC#N. The Labute approximate surface area is 146 Å². The molecule has 0 radical (unpaired) electrons. The molecule has 0 saturated heterocycles. The van der Waals surface area contributed by atoms with Crippen molar-refractivity contribution in [3.8, 4) is 35.5 Å². The summed E-state index contributed by atoms with van der Waals surface area (Å²) in [6.45, 7) is 7.40. The molecular weight excluding hydrogens is 316 g/mol. The van der Waals surface area contributed by atoms with E-state index in [-0.39, 0.29) is 0 Å². The fraction of sp³-hybridized carbons (Fsp3) is 0.100. The lowest BCUT2D eigenvalue weighted by Gasteiger charge is -2.11. The maximum Gasteiger partial charge on any atom is 0.292 e. The second kappa shape index (κ2) is 8.81. The molecule has 0 aliphatic carbocycles. The van der Waals surface area contributed by atoms with Crippen molar-refractivity contribution in [3.05, 3.63) is 72.8 Å². The Kier molecular flexibility index (Phi) is 6.22. The molecule has 124 valence electrons. The van der Waals surface area contributed by atoms with Crippen LogP contribution in [0.2, 0.25) is 0 Å². The summed E-state index contributed by atoms with van der Waals surface area (Å²) >= 11 is 0. The minimum Gasteiger partial charge on any atom is -0.457 e. The molecule has 0 atom stereocenters. The fourth-order valence-corrected chi connectivity index (χ4v) is 2.30. The topological polar surface area (TPSA) is 75.3 Å². The van der Waals surface area contributed by atoms with E-state index in [0.29, 0.717) is 35.8 Å². The average molecular weight is 332 g/mol. The quantitative estimate of drug-likeness (QED) is 0.519. The lowest BCUT2D eigenvalue weighted by molar-refractivity contribution is 0.468. The average Bonchev–Trinajstić information content (AvgIpc) is 2.60. The highest BCUT2D eigenvalue weighted by Crippen LogP contribution is 2.31. The summed E-state index contributed by atoms with van der Waals surface area (Å²) in [5.41, 5.74) is 1.59. The molecule has 0 fully saturated rings. The summed E-state index contributed by atoms with van der Waals surface area (Å²) in [7, 11) is 0. The zero-order valence-corrected chi connectivity index (χ0v) is 13.6. The first-order valence-corrected chi connectivity index (χ1v) is 7.49. The number of hydrogen-bond acceptors (Lipinski definition) is 5. The van der Waals surface area contributed by atoms with Gasteiger partial charge in [0.1, 0.15) is 23.0 Å². The van der Waals surface area contributed by atoms with Crippen molar-refractivity contribution in [3.63, 3.8) is 0 Å². The van der Waals surface area contributed by atoms with Crippen molar-refractivity contribution in [1.29, 1.82) is 10.5 Å². The highest BCUT2D eigenvalue weighted by atomic mass is 16.5. The Morgan fingerprint density at radius 3 is 1.60 bits per heavy atom. The molecule has 0 spiro atoms. The summed E-state index contributed by atoms with van der Waals surface area (Å²) < 4.78 is 15.7. The molecule has 0 heterocycles. The van der Waals surface area contributed by atoms with E-state index in [4.69, 9.17) is 24.7 Å². The first-order valence-electron chi connectivity index (χ1n) is 7.49. The molecule has 0 aromatic heterocycles. The van der Waals surface area contributed by atoms with Crippen LogP contribution in [0.1, 0.15) is 11.1 Å². The van der Waals surface area contributed by atoms with E-state index in [1.807, 2.05) is 0 Å². The lowest BCUT2D eigenvalue weighted by Crippen LogP contribution is -1.94. The highest BCUT2D eigenvalue weighted by Gasteiger charge is 2.09. The third kappa shape index (κ3) is 4.63. The van der Waals surface area contributed by atoms with Gasteiger partial charge in [-0.1, -0.05) is 12.2 Å². The van der Waals surface area contributed by atoms with E-state index in [1.165, 1.54) is 0 Å². The van der Waals surface area contributed by atoms with Crippen LogP contribution in [-0.4, -0.2) is 0 Å². The molecule has 2 rings (SSSR count). The van der Waals surface area contributed by atoms with Crippen LogP contribution in [0.4, 0.5) is 0 Å². The molecule has 5 nitrogen and oxygen atoms in total. The van der Waals surface area contributed by atoms with Gasteiger partial charge in [0.05, 0.1) is 0 Å². The van der Waals surface area contributed by atoms with E-state index in [1.54, 1.807) is 61.1 Å². The smallest absolute Gasteiger partial charge is 0.292 e. The summed E-state index contributed by atoms with van der Waals surface area (Å²) in [6, 6.07) is 10.4. The summed E-state index contributed by atoms with van der Waals surface area (Å²) in [6.07, 6.45) is 7.87. The Morgan fingerprint density at radius 1 is 0.800 bits per heavy atom. The van der Waals surface area contributed by atoms with Crippen LogP contribution in [0.15, 0.2) is 61.7 Å². The Balaban J connectivity index is 2.29. The molecule has 0 N–H and O–H groups in total. The van der Waals surface area contributed by atoms with Gasteiger partial charge >= 0.3 is 0 Å². The number of allylic oxidation sites excluding steroid dienone is 2. The Bertz CT molecular complexity index is 789. The summed E-state index contributed by atoms with van der Waals surface area (Å²) in [5, 5.41) is 17.4. The van der Waals surface area contributed by atoms with Crippen LogP contribution in [0, 0.1) is 23.0 Å². The number of nitriles is 2. The summed E-state index contributed by atoms with van der Waals surface area (Å²) in [5.74, 6) is 2.14. The molecule has 2 aromatic rings. The standard InChI is InChI=1S/C20H16N2O3/c1-3-5-15-11-17(7-9-19(15)23-13-21)25-18-8-10-20(24-14-22)16(12-18)6-4-2/h3-4,7-12H,1-2,5-6H2. The predicted molar refractivity (Wildman–Crippen MR) is 93.2 cm³/mol. The van der Waals surface area contributed by atoms with Crippen molar-refractivity contribution >= 4 is 0 Å². The molecule has 2 aromatic carbocycles. The molecule has 0 bridgehead atoms. The largest absolute Gasteiger partial charge is 0.457 e. The second-order valence-corrected chi connectivity index (χ2v) is 5.01. The van der Waals surface area contributed by atoms with Crippen LogP contribution >= 0.6 is 0 Å². The van der Waals surface area contributed by atoms with E-state index in [9.17, 15) is 0 Å². The third-order valence-corrected chi connectivity index (χ3v) is 3.34. The van der Waals surface area contributed by atoms with Gasteiger partial charge in [0, 0.05) is 11.1 Å². The maximum absolute atomic E-state index is 8.70. The van der Waals surface area contributed by atoms with E-state index in [0.717, 1.165) is 11.1 Å². The molecule has 0 amide bonds. The van der Waals surface area contributed by atoms with E-state index >= 15 is 0 Å². The lowest BCUT2D eigenvalue weighted by atomic mass is 10.1. The van der Waals surface area contributed by atoms with Crippen LogP contribution in [0.3, 0.4) is 0 Å². The second-order valence-electron chi connectivity index (χ2n) is 5.01. The minimum atomic E-state index is 0.472. The fourth-order valence-electron chi connectivity index (χ4n) is 2.30. The van der Waals surface area contributed by atoms with Crippen LogP contribution < -0.4 is 14.2 Å². The zero-order valence-electron chi connectivity index (χ0n) is 13.6. The van der Waals surface area contributed by atoms with Crippen LogP contribution in [0.25, 0.3) is 0 Å². The Hall–Kier alpha value is -3.70. The van der Waals surface area contributed by atoms with Gasteiger partial charge in [0.2, 0.25) is 0 Å². The van der Waals surface area contributed by atoms with E-state index < -0.39 is 0 Å². The van der Waals surface area contributed by atoms with Crippen molar-refractivity contribution < 1.29 is 14.2 Å². The molecule has 0 unspecified atom stereocenters. The molecule has 0 saturated carbocycles. The monoisotopic (exact) mass is 332 g/mol. The van der Waals surface area contributed by atoms with Gasteiger partial charge in [0.15, 0.2) is 0 Å². The zero-order chi connectivity index (χ0) is 18.1. The molecule has 0 aliphatic rings. The third-order valence-electron chi connectivity index (χ3n) is 3.34. The van der Waals surface area contributed by atoms with Gasteiger partial charge in [-0.15, -0.1) is 23.7 Å². The van der Waals surface area contributed by atoms with Gasteiger partial charge in [0.25, 0.3) is 12.5 Å². The molecular formula is C20H16N2O3. The van der Waals surface area contributed by atoms with Gasteiger partial charge in [-0.05, 0) is 49.2 Å². The highest BCUT2D eigenvalue weighted by molar-refractivity contribution is 5.46. The number of benzene rings is 2. The number of ether oxygens (including phenoxy) is 3. The number of nitrogens with zero attached hydrogens (tertiary/aromatic N) is 2. The Morgan fingerprint density at radius 2 is 1.24 bits per heavy atom. The molecule has 25 heavy (non-hydrogen) atoms. The van der Waals surface area contributed by atoms with Crippen molar-refractivity contribution in [1.82, 2.24) is 0 Å². The van der Waals surface area contributed by atoms with E-state index in [2.05, 4.69) is 13.2 Å². The van der Waals surface area contributed by atoms with Crippen molar-refractivity contribution in [2.75, 3.05) is 0 Å². The number of rotatable bonds is 8. The predicted octanol–water partition coefficient (Wildman–Crippen LogP) is 4.66. The molecule has 0 aliphatic heterocycles. The van der Waals surface area contributed by atoms with Crippen LogP contribution in [0.5, 0.6) is 23.0 Å². The van der Waals surface area contributed by atoms with Gasteiger partial charge in [-0.2, -0.15) is 0 Å². The van der Waals surface area contributed by atoms with Crippen LogP contribution in [-0.2, 0) is 12.8 Å². The van der Waals surface area contributed by atoms with Gasteiger partial charge < -0.3 is 14.2 Å². The van der Waals surface area contributed by atoms with Gasteiger partial charge in [-0.3, -0.25) is 0 Å². The van der Waals surface area contributed by atoms with Gasteiger partial charge in [-0.25, -0.2) is 0 Å².